The number of aromatic nitrogens is 4. The van der Waals surface area contributed by atoms with E-state index in [4.69, 9.17) is 5.73 Å². The van der Waals surface area contributed by atoms with Crippen molar-refractivity contribution in [2.75, 3.05) is 6.54 Å². The minimum Gasteiger partial charge on any atom is -0.324 e. The minimum absolute atomic E-state index is 0.0187. The smallest absolute Gasteiger partial charge is 0.181 e. The van der Waals surface area contributed by atoms with Crippen LogP contribution in [0.15, 0.2) is 24.3 Å². The number of hydrogen-bond acceptors (Lipinski definition) is 5. The topological polar surface area (TPSA) is 86.7 Å². The van der Waals surface area contributed by atoms with E-state index in [0.717, 1.165) is 5.56 Å². The van der Waals surface area contributed by atoms with Crippen LogP contribution in [-0.2, 0) is 7.05 Å². The third-order valence-electron chi connectivity index (χ3n) is 2.27. The Labute approximate surface area is 92.1 Å². The van der Waals surface area contributed by atoms with Gasteiger partial charge in [0.1, 0.15) is 0 Å². The molecule has 0 amide bonds. The molecule has 0 aliphatic heterocycles. The van der Waals surface area contributed by atoms with Crippen molar-refractivity contribution in [1.29, 1.82) is 0 Å². The van der Waals surface area contributed by atoms with E-state index >= 15 is 0 Å². The Kier molecular flexibility index (Phi) is 2.74. The van der Waals surface area contributed by atoms with E-state index in [2.05, 4.69) is 15.5 Å². The van der Waals surface area contributed by atoms with Crippen LogP contribution in [0.2, 0.25) is 0 Å². The van der Waals surface area contributed by atoms with Crippen LogP contribution in [0.4, 0.5) is 0 Å². The number of rotatable bonds is 3. The Morgan fingerprint density at radius 3 is 2.56 bits per heavy atom. The molecule has 6 nitrogen and oxygen atoms in total. The predicted octanol–water partition coefficient (Wildman–Crippen LogP) is 0.0185. The first-order valence-electron chi connectivity index (χ1n) is 4.78. The van der Waals surface area contributed by atoms with Gasteiger partial charge in [0.25, 0.3) is 0 Å². The van der Waals surface area contributed by atoms with Gasteiger partial charge in [-0.2, -0.15) is 0 Å². The van der Waals surface area contributed by atoms with E-state index in [1.54, 1.807) is 36.0 Å². The summed E-state index contributed by atoms with van der Waals surface area (Å²) in [4.78, 5) is 11.3. The fourth-order valence-electron chi connectivity index (χ4n) is 1.40. The maximum absolute atomic E-state index is 11.3. The first-order valence-corrected chi connectivity index (χ1v) is 4.78. The molecule has 1 aromatic heterocycles. The molecule has 1 heterocycles. The van der Waals surface area contributed by atoms with Crippen molar-refractivity contribution in [1.82, 2.24) is 20.2 Å². The lowest BCUT2D eigenvalue weighted by atomic mass is 10.1. The van der Waals surface area contributed by atoms with E-state index in [0.29, 0.717) is 11.4 Å². The highest BCUT2D eigenvalue weighted by atomic mass is 16.1. The van der Waals surface area contributed by atoms with Crippen molar-refractivity contribution in [3.05, 3.63) is 29.8 Å². The summed E-state index contributed by atoms with van der Waals surface area (Å²) in [6.07, 6.45) is 0. The van der Waals surface area contributed by atoms with Crippen molar-refractivity contribution in [3.63, 3.8) is 0 Å². The minimum atomic E-state index is -0.0809. The zero-order valence-electron chi connectivity index (χ0n) is 8.79. The van der Waals surface area contributed by atoms with Crippen LogP contribution in [-0.4, -0.2) is 32.5 Å². The van der Waals surface area contributed by atoms with Gasteiger partial charge in [-0.25, -0.2) is 4.68 Å². The first-order chi connectivity index (χ1) is 7.72. The standard InChI is InChI=1S/C10H11N5O/c1-15-10(12-13-14-15)8-4-2-7(3-5-8)9(16)6-11/h2-5H,6,11H2,1H3. The molecule has 82 valence electrons. The molecule has 0 radical (unpaired) electrons. The van der Waals surface area contributed by atoms with Crippen molar-refractivity contribution in [2.24, 2.45) is 12.8 Å². The van der Waals surface area contributed by atoms with Crippen LogP contribution < -0.4 is 5.73 Å². The van der Waals surface area contributed by atoms with E-state index < -0.39 is 0 Å². The molecule has 0 aliphatic carbocycles. The molecule has 2 N–H and O–H groups in total. The normalized spacial score (nSPS) is 10.4. The molecular formula is C10H11N5O. The molecule has 0 unspecified atom stereocenters. The number of hydrogen-bond donors (Lipinski definition) is 1. The fraction of sp³-hybridized carbons (Fsp3) is 0.200. The molecule has 16 heavy (non-hydrogen) atoms. The van der Waals surface area contributed by atoms with Crippen molar-refractivity contribution < 1.29 is 4.79 Å². The molecule has 0 aliphatic rings. The van der Waals surface area contributed by atoms with Gasteiger partial charge in [-0.1, -0.05) is 24.3 Å². The van der Waals surface area contributed by atoms with Crippen LogP contribution in [0.1, 0.15) is 10.4 Å². The number of nitrogens with zero attached hydrogens (tertiary/aromatic N) is 4. The molecule has 0 spiro atoms. The molecule has 0 fully saturated rings. The summed E-state index contributed by atoms with van der Waals surface area (Å²) in [7, 11) is 1.76. The Morgan fingerprint density at radius 2 is 2.06 bits per heavy atom. The Bertz CT molecular complexity index is 502. The third-order valence-corrected chi connectivity index (χ3v) is 2.27. The number of Topliss-reactive ketones (excluding diaryl/α,β-unsaturated/α-hetero) is 1. The highest BCUT2D eigenvalue weighted by Crippen LogP contribution is 2.15. The molecule has 0 saturated carbocycles. The lowest BCUT2D eigenvalue weighted by molar-refractivity contribution is 0.100. The molecule has 0 bridgehead atoms. The van der Waals surface area contributed by atoms with Crippen molar-refractivity contribution in [2.45, 2.75) is 0 Å². The Hall–Kier alpha value is -2.08. The fourth-order valence-corrected chi connectivity index (χ4v) is 1.40. The summed E-state index contributed by atoms with van der Waals surface area (Å²) in [5.41, 5.74) is 6.74. The second kappa shape index (κ2) is 4.19. The second-order valence-corrected chi connectivity index (χ2v) is 3.33. The summed E-state index contributed by atoms with van der Waals surface area (Å²) < 4.78 is 1.57. The van der Waals surface area contributed by atoms with Crippen LogP contribution in [0.25, 0.3) is 11.4 Å². The lowest BCUT2D eigenvalue weighted by Gasteiger charge is -2.01. The predicted molar refractivity (Wildman–Crippen MR) is 57.6 cm³/mol. The summed E-state index contributed by atoms with van der Waals surface area (Å²) in [6, 6.07) is 7.04. The second-order valence-electron chi connectivity index (χ2n) is 3.33. The van der Waals surface area contributed by atoms with Gasteiger partial charge < -0.3 is 5.73 Å². The van der Waals surface area contributed by atoms with Crippen LogP contribution in [0.3, 0.4) is 0 Å². The monoisotopic (exact) mass is 217 g/mol. The van der Waals surface area contributed by atoms with E-state index in [1.807, 2.05) is 0 Å². The van der Waals surface area contributed by atoms with Crippen molar-refractivity contribution >= 4 is 5.78 Å². The third kappa shape index (κ3) is 1.82. The number of tetrazole rings is 1. The molecular weight excluding hydrogens is 206 g/mol. The van der Waals surface area contributed by atoms with E-state index in [-0.39, 0.29) is 12.3 Å². The summed E-state index contributed by atoms with van der Waals surface area (Å²) in [5.74, 6) is 0.578. The number of ketones is 1. The molecule has 6 heteroatoms. The maximum atomic E-state index is 11.3. The molecule has 0 saturated heterocycles. The van der Waals surface area contributed by atoms with Gasteiger partial charge in [-0.15, -0.1) is 5.10 Å². The van der Waals surface area contributed by atoms with Crippen LogP contribution >= 0.6 is 0 Å². The quantitative estimate of drug-likeness (QED) is 0.732. The van der Waals surface area contributed by atoms with Gasteiger partial charge in [0.2, 0.25) is 0 Å². The van der Waals surface area contributed by atoms with E-state index in [1.165, 1.54) is 0 Å². The molecule has 1 aromatic carbocycles. The zero-order chi connectivity index (χ0) is 11.5. The van der Waals surface area contributed by atoms with Gasteiger partial charge in [-0.3, -0.25) is 4.79 Å². The molecule has 2 aromatic rings. The number of aryl methyl sites for hydroxylation is 1. The summed E-state index contributed by atoms with van der Waals surface area (Å²) >= 11 is 0. The zero-order valence-corrected chi connectivity index (χ0v) is 8.79. The number of carbonyl (C=O) groups is 1. The number of benzene rings is 1. The van der Waals surface area contributed by atoms with Gasteiger partial charge in [0.05, 0.1) is 6.54 Å². The van der Waals surface area contributed by atoms with E-state index in [9.17, 15) is 4.79 Å². The number of carbonyl (C=O) groups excluding carboxylic acids is 1. The van der Waals surface area contributed by atoms with Gasteiger partial charge in [0, 0.05) is 18.2 Å². The Morgan fingerprint density at radius 1 is 1.38 bits per heavy atom. The summed E-state index contributed by atoms with van der Waals surface area (Å²) in [6.45, 7) is 0.0187. The van der Waals surface area contributed by atoms with Gasteiger partial charge in [-0.05, 0) is 10.4 Å². The highest BCUT2D eigenvalue weighted by Gasteiger charge is 2.07. The average Bonchev–Trinajstić information content (AvgIpc) is 2.75. The average molecular weight is 217 g/mol. The van der Waals surface area contributed by atoms with Gasteiger partial charge >= 0.3 is 0 Å². The van der Waals surface area contributed by atoms with Crippen LogP contribution in [0, 0.1) is 0 Å². The first kappa shape index (κ1) is 10.4. The van der Waals surface area contributed by atoms with Crippen molar-refractivity contribution in [3.8, 4) is 11.4 Å². The summed E-state index contributed by atoms with van der Waals surface area (Å²) in [5, 5.41) is 11.2. The van der Waals surface area contributed by atoms with Crippen LogP contribution in [0.5, 0.6) is 0 Å². The molecule has 2 rings (SSSR count). The highest BCUT2D eigenvalue weighted by molar-refractivity contribution is 5.97. The molecule has 0 atom stereocenters. The lowest BCUT2D eigenvalue weighted by Crippen LogP contribution is -2.13. The Balaban J connectivity index is 2.33. The number of nitrogens with two attached hydrogens (primary N) is 1. The van der Waals surface area contributed by atoms with Gasteiger partial charge in [0.15, 0.2) is 11.6 Å². The largest absolute Gasteiger partial charge is 0.324 e. The maximum Gasteiger partial charge on any atom is 0.181 e. The SMILES string of the molecule is Cn1nnnc1-c1ccc(C(=O)CN)cc1.